The molecule has 4 rings (SSSR count). The van der Waals surface area contributed by atoms with Gasteiger partial charge in [0.15, 0.2) is 0 Å². The SMILES string of the molecule is CC1c2c(F)cccc2C(c2cnc3ccccc3c2)NC1(C)C. The summed E-state index contributed by atoms with van der Waals surface area (Å²) in [5, 5.41) is 4.80. The highest BCUT2D eigenvalue weighted by Gasteiger charge is 2.39. The van der Waals surface area contributed by atoms with Gasteiger partial charge in [-0.15, -0.1) is 0 Å². The van der Waals surface area contributed by atoms with Crippen LogP contribution in [0.5, 0.6) is 0 Å². The average Bonchev–Trinajstić information content (AvgIpc) is 2.58. The molecular formula is C21H21FN2. The number of rotatable bonds is 1. The zero-order valence-electron chi connectivity index (χ0n) is 14.2. The maximum absolute atomic E-state index is 14.6. The van der Waals surface area contributed by atoms with E-state index in [9.17, 15) is 4.39 Å². The third-order valence-electron chi connectivity index (χ3n) is 5.37. The highest BCUT2D eigenvalue weighted by molar-refractivity contribution is 5.79. The molecule has 2 nitrogen and oxygen atoms in total. The van der Waals surface area contributed by atoms with Gasteiger partial charge in [0.05, 0.1) is 11.6 Å². The Labute approximate surface area is 141 Å². The molecule has 0 saturated carbocycles. The second-order valence-corrected chi connectivity index (χ2v) is 7.22. The van der Waals surface area contributed by atoms with E-state index < -0.39 is 0 Å². The van der Waals surface area contributed by atoms with E-state index in [-0.39, 0.29) is 23.3 Å². The van der Waals surface area contributed by atoms with Crippen molar-refractivity contribution in [3.8, 4) is 0 Å². The molecule has 0 aliphatic carbocycles. The molecule has 0 radical (unpaired) electrons. The number of hydrogen-bond acceptors (Lipinski definition) is 2. The van der Waals surface area contributed by atoms with Crippen LogP contribution in [0.3, 0.4) is 0 Å². The Bertz CT molecular complexity index is 917. The van der Waals surface area contributed by atoms with Crippen LogP contribution in [0.1, 0.15) is 49.4 Å². The molecule has 0 amide bonds. The maximum atomic E-state index is 14.6. The van der Waals surface area contributed by atoms with E-state index >= 15 is 0 Å². The molecule has 0 bridgehead atoms. The van der Waals surface area contributed by atoms with Gasteiger partial charge < -0.3 is 5.32 Å². The Kier molecular flexibility index (Phi) is 3.43. The van der Waals surface area contributed by atoms with Crippen molar-refractivity contribution >= 4 is 10.9 Å². The minimum Gasteiger partial charge on any atom is -0.301 e. The number of aromatic nitrogens is 1. The van der Waals surface area contributed by atoms with Crippen molar-refractivity contribution in [3.63, 3.8) is 0 Å². The summed E-state index contributed by atoms with van der Waals surface area (Å²) >= 11 is 0. The summed E-state index contributed by atoms with van der Waals surface area (Å²) in [6, 6.07) is 15.6. The van der Waals surface area contributed by atoms with Crippen molar-refractivity contribution in [1.82, 2.24) is 10.3 Å². The average molecular weight is 320 g/mol. The maximum Gasteiger partial charge on any atom is 0.127 e. The number of benzene rings is 2. The molecule has 0 saturated heterocycles. The van der Waals surface area contributed by atoms with Crippen LogP contribution in [0.15, 0.2) is 54.7 Å². The summed E-state index contributed by atoms with van der Waals surface area (Å²) in [5.41, 5.74) is 3.67. The van der Waals surface area contributed by atoms with Crippen molar-refractivity contribution in [2.24, 2.45) is 0 Å². The molecule has 2 heterocycles. The smallest absolute Gasteiger partial charge is 0.127 e. The summed E-state index contributed by atoms with van der Waals surface area (Å²) in [4.78, 5) is 4.58. The lowest BCUT2D eigenvalue weighted by molar-refractivity contribution is 0.279. The largest absolute Gasteiger partial charge is 0.301 e. The van der Waals surface area contributed by atoms with Crippen LogP contribution < -0.4 is 5.32 Å². The van der Waals surface area contributed by atoms with E-state index in [1.54, 1.807) is 12.1 Å². The number of pyridine rings is 1. The van der Waals surface area contributed by atoms with Crippen molar-refractivity contribution in [2.45, 2.75) is 38.3 Å². The number of para-hydroxylation sites is 1. The van der Waals surface area contributed by atoms with Crippen molar-refractivity contribution in [1.29, 1.82) is 0 Å². The van der Waals surface area contributed by atoms with Gasteiger partial charge in [0.25, 0.3) is 0 Å². The van der Waals surface area contributed by atoms with Crippen LogP contribution >= 0.6 is 0 Å². The molecule has 2 unspecified atom stereocenters. The minimum absolute atomic E-state index is 0.0565. The molecule has 2 aromatic carbocycles. The summed E-state index contributed by atoms with van der Waals surface area (Å²) in [6.07, 6.45) is 1.90. The first-order valence-electron chi connectivity index (χ1n) is 8.38. The molecule has 1 N–H and O–H groups in total. The fourth-order valence-electron chi connectivity index (χ4n) is 3.71. The standard InChI is InChI=1S/C21H21FN2/c1-13-19-16(8-6-9-17(19)22)20(24-21(13,2)3)15-11-14-7-4-5-10-18(14)23-12-15/h4-13,20,24H,1-3H3. The lowest BCUT2D eigenvalue weighted by atomic mass is 9.74. The summed E-state index contributed by atoms with van der Waals surface area (Å²) in [5.74, 6) is -0.0216. The lowest BCUT2D eigenvalue weighted by Gasteiger charge is -2.44. The van der Waals surface area contributed by atoms with Crippen LogP contribution in [0.2, 0.25) is 0 Å². The molecule has 0 fully saturated rings. The number of nitrogens with zero attached hydrogens (tertiary/aromatic N) is 1. The summed E-state index contributed by atoms with van der Waals surface area (Å²) < 4.78 is 14.6. The van der Waals surface area contributed by atoms with E-state index in [4.69, 9.17) is 0 Å². The molecular weight excluding hydrogens is 299 g/mol. The zero-order valence-corrected chi connectivity index (χ0v) is 14.2. The number of fused-ring (bicyclic) bond motifs is 2. The van der Waals surface area contributed by atoms with Crippen molar-refractivity contribution < 1.29 is 4.39 Å². The van der Waals surface area contributed by atoms with Crippen LogP contribution in [0.25, 0.3) is 10.9 Å². The van der Waals surface area contributed by atoms with Gasteiger partial charge in [-0.25, -0.2) is 4.39 Å². The zero-order chi connectivity index (χ0) is 16.9. The predicted molar refractivity (Wildman–Crippen MR) is 95.6 cm³/mol. The van der Waals surface area contributed by atoms with E-state index in [1.807, 2.05) is 30.5 Å². The first-order valence-corrected chi connectivity index (χ1v) is 8.38. The Morgan fingerprint density at radius 2 is 1.88 bits per heavy atom. The molecule has 0 spiro atoms. The molecule has 2 atom stereocenters. The van der Waals surface area contributed by atoms with Crippen LogP contribution in [0, 0.1) is 5.82 Å². The van der Waals surface area contributed by atoms with Crippen LogP contribution in [-0.2, 0) is 0 Å². The first-order chi connectivity index (χ1) is 11.5. The predicted octanol–water partition coefficient (Wildman–Crippen LogP) is 4.95. The Morgan fingerprint density at radius 1 is 1.08 bits per heavy atom. The van der Waals surface area contributed by atoms with E-state index in [0.717, 1.165) is 27.6 Å². The van der Waals surface area contributed by atoms with E-state index in [1.165, 1.54) is 0 Å². The first kappa shape index (κ1) is 15.3. The topological polar surface area (TPSA) is 24.9 Å². The highest BCUT2D eigenvalue weighted by Crippen LogP contribution is 2.42. The number of hydrogen-bond donors (Lipinski definition) is 1. The van der Waals surface area contributed by atoms with Crippen LogP contribution in [0.4, 0.5) is 4.39 Å². The third kappa shape index (κ3) is 2.31. The van der Waals surface area contributed by atoms with Gasteiger partial charge in [0.2, 0.25) is 0 Å². The van der Waals surface area contributed by atoms with E-state index in [0.29, 0.717) is 0 Å². The van der Waals surface area contributed by atoms with Gasteiger partial charge in [0, 0.05) is 23.0 Å². The Balaban J connectivity index is 1.91. The fourth-order valence-corrected chi connectivity index (χ4v) is 3.71. The molecule has 3 heteroatoms. The Morgan fingerprint density at radius 3 is 2.71 bits per heavy atom. The van der Waals surface area contributed by atoms with Crippen LogP contribution in [-0.4, -0.2) is 10.5 Å². The van der Waals surface area contributed by atoms with Crippen molar-refractivity contribution in [3.05, 3.63) is 77.2 Å². The quantitative estimate of drug-likeness (QED) is 0.686. The number of nitrogens with one attached hydrogen (secondary N) is 1. The fraction of sp³-hybridized carbons (Fsp3) is 0.286. The normalized spacial score (nSPS) is 22.3. The highest BCUT2D eigenvalue weighted by atomic mass is 19.1. The number of halogens is 1. The molecule has 1 aliphatic rings. The third-order valence-corrected chi connectivity index (χ3v) is 5.37. The van der Waals surface area contributed by atoms with Gasteiger partial charge in [-0.3, -0.25) is 4.98 Å². The van der Waals surface area contributed by atoms with Crippen molar-refractivity contribution in [2.75, 3.05) is 0 Å². The van der Waals surface area contributed by atoms with Gasteiger partial charge in [-0.2, -0.15) is 0 Å². The van der Waals surface area contributed by atoms with Gasteiger partial charge in [-0.05, 0) is 48.7 Å². The van der Waals surface area contributed by atoms with Gasteiger partial charge in [0.1, 0.15) is 5.82 Å². The van der Waals surface area contributed by atoms with Gasteiger partial charge in [-0.1, -0.05) is 37.3 Å². The van der Waals surface area contributed by atoms with E-state index in [2.05, 4.69) is 43.2 Å². The molecule has 122 valence electrons. The minimum atomic E-state index is -0.203. The summed E-state index contributed by atoms with van der Waals surface area (Å²) in [6.45, 7) is 6.35. The monoisotopic (exact) mass is 320 g/mol. The van der Waals surface area contributed by atoms with Gasteiger partial charge >= 0.3 is 0 Å². The Hall–Kier alpha value is -2.26. The second kappa shape index (κ2) is 5.38. The molecule has 1 aromatic heterocycles. The molecule has 1 aliphatic heterocycles. The molecule has 24 heavy (non-hydrogen) atoms. The lowest BCUT2D eigenvalue weighted by Crippen LogP contribution is -2.50. The summed E-state index contributed by atoms with van der Waals surface area (Å²) in [7, 11) is 0. The second-order valence-electron chi connectivity index (χ2n) is 7.22. The molecule has 3 aromatic rings.